The first-order valence-electron chi connectivity index (χ1n) is 13.8. The molecule has 4 aliphatic rings. The number of hydrazine groups is 1. The zero-order valence-corrected chi connectivity index (χ0v) is 24.2. The lowest BCUT2D eigenvalue weighted by Crippen LogP contribution is -2.52. The van der Waals surface area contributed by atoms with Crippen LogP contribution in [0.4, 0.5) is 5.69 Å². The summed E-state index contributed by atoms with van der Waals surface area (Å²) in [6.07, 6.45) is 0. The molecule has 1 saturated heterocycles. The monoisotopic (exact) mass is 625 g/mol. The number of ketones is 1. The molecular formula is C33H21Cl2N3O6. The van der Waals surface area contributed by atoms with E-state index in [9.17, 15) is 29.3 Å². The number of nitro groups is 1. The van der Waals surface area contributed by atoms with Crippen LogP contribution in [0.25, 0.3) is 0 Å². The van der Waals surface area contributed by atoms with Crippen molar-refractivity contribution in [2.24, 2.45) is 11.8 Å². The average molecular weight is 626 g/mol. The van der Waals surface area contributed by atoms with Crippen molar-refractivity contribution in [3.63, 3.8) is 0 Å². The molecule has 0 radical (unpaired) electrons. The van der Waals surface area contributed by atoms with Crippen molar-refractivity contribution in [3.05, 3.63) is 145 Å². The van der Waals surface area contributed by atoms with Crippen molar-refractivity contribution < 1.29 is 24.1 Å². The largest absolute Gasteiger partial charge is 0.292 e. The molecule has 4 aromatic rings. The molecule has 0 N–H and O–H groups in total. The fourth-order valence-electron chi connectivity index (χ4n) is 6.91. The molecule has 9 nitrogen and oxygen atoms in total. The molecule has 44 heavy (non-hydrogen) atoms. The van der Waals surface area contributed by atoms with Gasteiger partial charge in [0.1, 0.15) is 6.54 Å². The summed E-state index contributed by atoms with van der Waals surface area (Å²) in [4.78, 5) is 66.8. The minimum Gasteiger partial charge on any atom is -0.292 e. The SMILES string of the molecule is O=C(CN(C(=O)c1ccc(Cl)c(Cl)c1)N1C(=O)[C@H]2C3c4ccccc4C(c4ccccc43)[C@@H]2C1=O)c1ccc([N+](=O)[O-])cc1. The Labute approximate surface area is 260 Å². The smallest absolute Gasteiger partial charge is 0.273 e. The van der Waals surface area contributed by atoms with Gasteiger partial charge in [-0.25, -0.2) is 5.01 Å². The lowest BCUT2D eigenvalue weighted by atomic mass is 9.55. The van der Waals surface area contributed by atoms with Crippen LogP contribution < -0.4 is 0 Å². The van der Waals surface area contributed by atoms with E-state index in [0.717, 1.165) is 32.3 Å². The van der Waals surface area contributed by atoms with E-state index in [1.165, 1.54) is 42.5 Å². The van der Waals surface area contributed by atoms with E-state index in [2.05, 4.69) is 0 Å². The highest BCUT2D eigenvalue weighted by molar-refractivity contribution is 6.42. The number of rotatable bonds is 6. The van der Waals surface area contributed by atoms with Crippen LogP contribution in [0.15, 0.2) is 91.0 Å². The van der Waals surface area contributed by atoms with E-state index in [-0.39, 0.29) is 26.9 Å². The molecule has 0 saturated carbocycles. The number of imide groups is 1. The van der Waals surface area contributed by atoms with Gasteiger partial charge >= 0.3 is 0 Å². The normalized spacial score (nSPS) is 21.0. The summed E-state index contributed by atoms with van der Waals surface area (Å²) in [6, 6.07) is 24.5. The van der Waals surface area contributed by atoms with Gasteiger partial charge in [-0.2, -0.15) is 5.01 Å². The number of carbonyl (C=O) groups excluding carboxylic acids is 4. The predicted molar refractivity (Wildman–Crippen MR) is 160 cm³/mol. The summed E-state index contributed by atoms with van der Waals surface area (Å²) in [5.41, 5.74) is 3.72. The fraction of sp³-hybridized carbons (Fsp3) is 0.152. The summed E-state index contributed by atoms with van der Waals surface area (Å²) in [5, 5.41) is 13.1. The van der Waals surface area contributed by atoms with Crippen LogP contribution >= 0.6 is 23.2 Å². The van der Waals surface area contributed by atoms with Crippen molar-refractivity contribution in [1.82, 2.24) is 10.0 Å². The van der Waals surface area contributed by atoms with Gasteiger partial charge in [-0.1, -0.05) is 71.7 Å². The molecule has 3 aliphatic carbocycles. The van der Waals surface area contributed by atoms with Gasteiger partial charge in [-0.3, -0.25) is 29.3 Å². The van der Waals surface area contributed by atoms with Gasteiger partial charge in [-0.15, -0.1) is 0 Å². The Kier molecular flexibility index (Phi) is 6.60. The molecule has 8 rings (SSSR count). The van der Waals surface area contributed by atoms with E-state index in [1.807, 2.05) is 48.5 Å². The number of hydrogen-bond donors (Lipinski definition) is 0. The van der Waals surface area contributed by atoms with Crippen LogP contribution in [-0.2, 0) is 9.59 Å². The Bertz CT molecular complexity index is 1810. The van der Waals surface area contributed by atoms with Crippen LogP contribution in [0.3, 0.4) is 0 Å². The maximum Gasteiger partial charge on any atom is 0.273 e. The van der Waals surface area contributed by atoms with Crippen molar-refractivity contribution in [2.45, 2.75) is 11.8 Å². The zero-order valence-electron chi connectivity index (χ0n) is 22.7. The molecule has 2 atom stereocenters. The molecule has 0 aromatic heterocycles. The minimum atomic E-state index is -0.804. The number of hydrogen-bond acceptors (Lipinski definition) is 6. The Morgan fingerprint density at radius 3 is 1.66 bits per heavy atom. The van der Waals surface area contributed by atoms with Crippen LogP contribution in [-0.4, -0.2) is 45.0 Å². The Morgan fingerprint density at radius 1 is 0.727 bits per heavy atom. The Morgan fingerprint density at radius 2 is 1.20 bits per heavy atom. The highest BCUT2D eigenvalue weighted by atomic mass is 35.5. The first-order valence-corrected chi connectivity index (χ1v) is 14.5. The first-order chi connectivity index (χ1) is 21.2. The minimum absolute atomic E-state index is 0.0147. The second-order valence-electron chi connectivity index (χ2n) is 11.0. The highest BCUT2D eigenvalue weighted by Gasteiger charge is 2.63. The van der Waals surface area contributed by atoms with Gasteiger partial charge in [0.15, 0.2) is 5.78 Å². The molecule has 1 aliphatic heterocycles. The molecular weight excluding hydrogens is 605 g/mol. The number of nitrogens with zero attached hydrogens (tertiary/aromatic N) is 3. The molecule has 1 fully saturated rings. The number of halogens is 2. The molecule has 3 amide bonds. The number of non-ortho nitro benzene ring substituents is 1. The van der Waals surface area contributed by atoms with E-state index >= 15 is 0 Å². The molecule has 0 spiro atoms. The summed E-state index contributed by atoms with van der Waals surface area (Å²) in [5.74, 6) is -4.98. The average Bonchev–Trinajstić information content (AvgIpc) is 3.30. The van der Waals surface area contributed by atoms with Crippen molar-refractivity contribution >= 4 is 52.4 Å². The van der Waals surface area contributed by atoms with E-state index in [4.69, 9.17) is 23.2 Å². The Hall–Kier alpha value is -4.86. The number of Topliss-reactive ketones (excluding diaryl/α,β-unsaturated/α-hetero) is 1. The van der Waals surface area contributed by atoms with Gasteiger partial charge in [0.25, 0.3) is 23.4 Å². The van der Waals surface area contributed by atoms with Crippen LogP contribution in [0.2, 0.25) is 10.0 Å². The van der Waals surface area contributed by atoms with Gasteiger partial charge in [0, 0.05) is 35.1 Å². The van der Waals surface area contributed by atoms with Crippen molar-refractivity contribution in [3.8, 4) is 0 Å². The molecule has 2 bridgehead atoms. The maximum absolute atomic E-state index is 14.4. The molecule has 11 heteroatoms. The van der Waals surface area contributed by atoms with E-state index in [1.54, 1.807) is 0 Å². The lowest BCUT2D eigenvalue weighted by Gasteiger charge is -2.45. The summed E-state index contributed by atoms with van der Waals surface area (Å²) >= 11 is 12.3. The first kappa shape index (κ1) is 27.9. The number of carbonyl (C=O) groups is 4. The molecule has 218 valence electrons. The number of nitro benzene ring substituents is 1. The quantitative estimate of drug-likeness (QED) is 0.112. The fourth-order valence-corrected chi connectivity index (χ4v) is 7.21. The summed E-state index contributed by atoms with van der Waals surface area (Å²) in [7, 11) is 0. The van der Waals surface area contributed by atoms with E-state index < -0.39 is 58.6 Å². The van der Waals surface area contributed by atoms with E-state index in [0.29, 0.717) is 0 Å². The molecule has 0 unspecified atom stereocenters. The summed E-state index contributed by atoms with van der Waals surface area (Å²) < 4.78 is 0. The topological polar surface area (TPSA) is 118 Å². The third kappa shape index (κ3) is 4.15. The third-order valence-electron chi connectivity index (χ3n) is 8.76. The number of amides is 3. The Balaban J connectivity index is 1.32. The van der Waals surface area contributed by atoms with Crippen molar-refractivity contribution in [2.75, 3.05) is 6.54 Å². The third-order valence-corrected chi connectivity index (χ3v) is 9.50. The number of benzene rings is 4. The standard InChI is InChI=1S/C33H21Cl2N3O6/c34-24-14-11-18(15-25(24)35)31(40)36(16-26(39)17-9-12-19(13-10-17)38(43)44)37-32(41)29-27-20-5-1-2-6-21(20)28(30(29)33(37)42)23-8-4-3-7-22(23)27/h1-15,27-30H,16H2/t27?,28?,29-,30-/m0/s1. The maximum atomic E-state index is 14.4. The van der Waals surface area contributed by atoms with Gasteiger partial charge in [0.2, 0.25) is 0 Å². The second kappa shape index (κ2) is 10.4. The van der Waals surface area contributed by atoms with Gasteiger partial charge in [-0.05, 0) is 52.6 Å². The van der Waals surface area contributed by atoms with Crippen LogP contribution in [0, 0.1) is 22.0 Å². The molecule has 1 heterocycles. The molecule has 4 aromatic carbocycles. The zero-order chi connectivity index (χ0) is 30.9. The van der Waals surface area contributed by atoms with Crippen molar-refractivity contribution in [1.29, 1.82) is 0 Å². The van der Waals surface area contributed by atoms with Gasteiger partial charge < -0.3 is 0 Å². The highest BCUT2D eigenvalue weighted by Crippen LogP contribution is 2.61. The lowest BCUT2D eigenvalue weighted by molar-refractivity contribution is -0.384. The predicted octanol–water partition coefficient (Wildman–Crippen LogP) is 6.03. The second-order valence-corrected chi connectivity index (χ2v) is 11.8. The van der Waals surface area contributed by atoms with Gasteiger partial charge in [0.05, 0.1) is 26.8 Å². The van der Waals surface area contributed by atoms with Crippen LogP contribution in [0.1, 0.15) is 54.8 Å². The van der Waals surface area contributed by atoms with Crippen LogP contribution in [0.5, 0.6) is 0 Å². The summed E-state index contributed by atoms with van der Waals surface area (Å²) in [6.45, 7) is -0.678.